The number of nitrogens with zero attached hydrogens (tertiary/aromatic N) is 2. The van der Waals surface area contributed by atoms with Crippen LogP contribution in [-0.2, 0) is 4.79 Å². The number of non-ortho nitro benzene ring substituents is 1. The molecule has 136 valence electrons. The van der Waals surface area contributed by atoms with Gasteiger partial charge in [0.1, 0.15) is 0 Å². The van der Waals surface area contributed by atoms with Gasteiger partial charge in [0.05, 0.1) is 17.0 Å². The third-order valence-electron chi connectivity index (χ3n) is 3.78. The molecule has 0 atom stereocenters. The van der Waals surface area contributed by atoms with Crippen LogP contribution >= 0.6 is 0 Å². The molecule has 0 saturated heterocycles. The van der Waals surface area contributed by atoms with E-state index in [9.17, 15) is 19.7 Å². The number of benzene rings is 2. The number of hydrogen-bond donors (Lipinski definition) is 2. The van der Waals surface area contributed by atoms with Crippen LogP contribution in [0.3, 0.4) is 0 Å². The van der Waals surface area contributed by atoms with Crippen molar-refractivity contribution in [2.45, 2.75) is 6.92 Å². The van der Waals surface area contributed by atoms with Crippen molar-refractivity contribution < 1.29 is 14.5 Å². The fourth-order valence-corrected chi connectivity index (χ4v) is 2.37. The maximum Gasteiger partial charge on any atom is 0.270 e. The highest BCUT2D eigenvalue weighted by Crippen LogP contribution is 2.23. The van der Waals surface area contributed by atoms with Crippen molar-refractivity contribution in [2.75, 3.05) is 31.3 Å². The Balaban J connectivity index is 2.11. The van der Waals surface area contributed by atoms with Crippen LogP contribution in [0.25, 0.3) is 0 Å². The molecule has 0 saturated carbocycles. The molecule has 0 radical (unpaired) electrons. The van der Waals surface area contributed by atoms with Gasteiger partial charge in [-0.25, -0.2) is 0 Å². The third kappa shape index (κ3) is 4.56. The second-order valence-electron chi connectivity index (χ2n) is 5.81. The minimum absolute atomic E-state index is 0.132. The molecule has 0 heterocycles. The van der Waals surface area contributed by atoms with Gasteiger partial charge in [-0.3, -0.25) is 19.7 Å². The summed E-state index contributed by atoms with van der Waals surface area (Å²) in [5.41, 5.74) is 2.09. The van der Waals surface area contributed by atoms with Gasteiger partial charge < -0.3 is 15.5 Å². The summed E-state index contributed by atoms with van der Waals surface area (Å²) in [6, 6.07) is 11.3. The predicted molar refractivity (Wildman–Crippen MR) is 99.4 cm³/mol. The predicted octanol–water partition coefficient (Wildman–Crippen LogP) is 2.66. The third-order valence-corrected chi connectivity index (χ3v) is 3.78. The van der Waals surface area contributed by atoms with Crippen molar-refractivity contribution in [2.24, 2.45) is 0 Å². The second-order valence-corrected chi connectivity index (χ2v) is 5.81. The van der Waals surface area contributed by atoms with Gasteiger partial charge in [0.15, 0.2) is 0 Å². The standard InChI is InChI=1S/C18H20N4O4/c1-12-4-6-13(7-5-12)20-17(23)11-21(3)18(24)15-10-14(22(25)26)8-9-16(15)19-2/h4-10,19H,11H2,1-3H3,(H,20,23). The Morgan fingerprint density at radius 1 is 1.15 bits per heavy atom. The van der Waals surface area contributed by atoms with Crippen LogP contribution in [0, 0.1) is 17.0 Å². The van der Waals surface area contributed by atoms with Gasteiger partial charge in [-0.2, -0.15) is 0 Å². The van der Waals surface area contributed by atoms with Crippen LogP contribution in [0.2, 0.25) is 0 Å². The highest BCUT2D eigenvalue weighted by Gasteiger charge is 2.21. The van der Waals surface area contributed by atoms with Gasteiger partial charge in [-0.05, 0) is 25.1 Å². The number of anilines is 2. The van der Waals surface area contributed by atoms with Gasteiger partial charge in [0.25, 0.3) is 11.6 Å². The molecule has 0 aromatic heterocycles. The molecule has 26 heavy (non-hydrogen) atoms. The Morgan fingerprint density at radius 3 is 2.38 bits per heavy atom. The van der Waals surface area contributed by atoms with E-state index in [4.69, 9.17) is 0 Å². The van der Waals surface area contributed by atoms with E-state index in [0.717, 1.165) is 5.56 Å². The van der Waals surface area contributed by atoms with Crippen LogP contribution in [0.4, 0.5) is 17.1 Å². The number of aryl methyl sites for hydroxylation is 1. The molecule has 0 aliphatic heterocycles. The van der Waals surface area contributed by atoms with Crippen LogP contribution in [-0.4, -0.2) is 42.3 Å². The maximum absolute atomic E-state index is 12.6. The van der Waals surface area contributed by atoms with Gasteiger partial charge in [0.2, 0.25) is 5.91 Å². The molecular weight excluding hydrogens is 336 g/mol. The molecule has 0 fully saturated rings. The quantitative estimate of drug-likeness (QED) is 0.611. The second kappa shape index (κ2) is 8.11. The minimum atomic E-state index is -0.569. The molecule has 0 aliphatic rings. The lowest BCUT2D eigenvalue weighted by Crippen LogP contribution is -2.35. The SMILES string of the molecule is CNc1ccc([N+](=O)[O-])cc1C(=O)N(C)CC(=O)Nc1ccc(C)cc1. The molecule has 8 nitrogen and oxygen atoms in total. The van der Waals surface area contributed by atoms with Crippen molar-refractivity contribution in [3.63, 3.8) is 0 Å². The molecule has 0 spiro atoms. The lowest BCUT2D eigenvalue weighted by molar-refractivity contribution is -0.384. The summed E-state index contributed by atoms with van der Waals surface area (Å²) in [5, 5.41) is 16.5. The Labute approximate surface area is 151 Å². The number of rotatable bonds is 6. The minimum Gasteiger partial charge on any atom is -0.387 e. The Kier molecular flexibility index (Phi) is 5.90. The van der Waals surface area contributed by atoms with E-state index < -0.39 is 10.8 Å². The van der Waals surface area contributed by atoms with E-state index in [1.54, 1.807) is 19.2 Å². The van der Waals surface area contributed by atoms with Crippen molar-refractivity contribution in [1.82, 2.24) is 4.90 Å². The number of hydrogen-bond acceptors (Lipinski definition) is 5. The van der Waals surface area contributed by atoms with Gasteiger partial charge >= 0.3 is 0 Å². The number of amides is 2. The highest BCUT2D eigenvalue weighted by atomic mass is 16.6. The fraction of sp³-hybridized carbons (Fsp3) is 0.222. The number of nitro benzene ring substituents is 1. The van der Waals surface area contributed by atoms with Crippen LogP contribution < -0.4 is 10.6 Å². The van der Waals surface area contributed by atoms with E-state index in [1.807, 2.05) is 19.1 Å². The topological polar surface area (TPSA) is 105 Å². The zero-order valence-corrected chi connectivity index (χ0v) is 14.8. The molecule has 8 heteroatoms. The van der Waals surface area contributed by atoms with Gasteiger partial charge in [-0.15, -0.1) is 0 Å². The molecule has 2 aromatic carbocycles. The average molecular weight is 356 g/mol. The molecule has 0 unspecified atom stereocenters. The van der Waals surface area contributed by atoms with Gasteiger partial charge in [0, 0.05) is 37.6 Å². The smallest absolute Gasteiger partial charge is 0.270 e. The Hall–Kier alpha value is -3.42. The van der Waals surface area contributed by atoms with Crippen LogP contribution in [0.15, 0.2) is 42.5 Å². The fourth-order valence-electron chi connectivity index (χ4n) is 2.37. The largest absolute Gasteiger partial charge is 0.387 e. The first-order valence-electron chi connectivity index (χ1n) is 7.90. The zero-order chi connectivity index (χ0) is 19.3. The normalized spacial score (nSPS) is 10.1. The molecule has 2 rings (SSSR count). The summed E-state index contributed by atoms with van der Waals surface area (Å²) in [4.78, 5) is 36.3. The highest BCUT2D eigenvalue weighted by molar-refractivity contribution is 6.03. The van der Waals surface area contributed by atoms with Crippen molar-refractivity contribution in [3.05, 3.63) is 63.7 Å². The zero-order valence-electron chi connectivity index (χ0n) is 14.8. The summed E-state index contributed by atoms with van der Waals surface area (Å²) >= 11 is 0. The van der Waals surface area contributed by atoms with Crippen molar-refractivity contribution in [1.29, 1.82) is 0 Å². The molecule has 0 bridgehead atoms. The summed E-state index contributed by atoms with van der Waals surface area (Å²) in [5.74, 6) is -0.849. The lowest BCUT2D eigenvalue weighted by Gasteiger charge is -2.18. The molecule has 2 aromatic rings. The monoisotopic (exact) mass is 356 g/mol. The molecular formula is C18H20N4O4. The number of carbonyl (C=O) groups is 2. The summed E-state index contributed by atoms with van der Waals surface area (Å²) in [6.07, 6.45) is 0. The average Bonchev–Trinajstić information content (AvgIpc) is 2.62. The summed E-state index contributed by atoms with van der Waals surface area (Å²) < 4.78 is 0. The number of nitrogens with one attached hydrogen (secondary N) is 2. The van der Waals surface area contributed by atoms with E-state index >= 15 is 0 Å². The number of nitro groups is 1. The first kappa shape index (κ1) is 18.9. The lowest BCUT2D eigenvalue weighted by atomic mass is 10.1. The molecule has 0 aliphatic carbocycles. The van der Waals surface area contributed by atoms with Crippen LogP contribution in [0.1, 0.15) is 15.9 Å². The molecule has 2 amide bonds. The number of likely N-dealkylation sites (N-methyl/N-ethyl adjacent to an activating group) is 1. The maximum atomic E-state index is 12.6. The molecule has 2 N–H and O–H groups in total. The van der Waals surface area contributed by atoms with Crippen molar-refractivity contribution in [3.8, 4) is 0 Å². The van der Waals surface area contributed by atoms with E-state index in [1.165, 1.54) is 30.1 Å². The van der Waals surface area contributed by atoms with E-state index in [2.05, 4.69) is 10.6 Å². The van der Waals surface area contributed by atoms with E-state index in [0.29, 0.717) is 11.4 Å². The Bertz CT molecular complexity index is 834. The first-order valence-corrected chi connectivity index (χ1v) is 7.90. The van der Waals surface area contributed by atoms with Crippen molar-refractivity contribution >= 4 is 28.9 Å². The summed E-state index contributed by atoms with van der Waals surface area (Å²) in [7, 11) is 3.08. The summed E-state index contributed by atoms with van der Waals surface area (Å²) in [6.45, 7) is 1.76. The number of carbonyl (C=O) groups excluding carboxylic acids is 2. The van der Waals surface area contributed by atoms with E-state index in [-0.39, 0.29) is 23.7 Å². The van der Waals surface area contributed by atoms with Gasteiger partial charge in [-0.1, -0.05) is 17.7 Å². The Morgan fingerprint density at radius 2 is 1.81 bits per heavy atom. The first-order chi connectivity index (χ1) is 12.3. The van der Waals surface area contributed by atoms with Crippen LogP contribution in [0.5, 0.6) is 0 Å².